The summed E-state index contributed by atoms with van der Waals surface area (Å²) in [4.78, 5) is 0. The van der Waals surface area contributed by atoms with Gasteiger partial charge in [0.1, 0.15) is 0 Å². The molecule has 1 unspecified atom stereocenters. The molecule has 1 fully saturated rings. The topological polar surface area (TPSA) is 12.5 Å². The first-order valence-corrected chi connectivity index (χ1v) is 5.66. The molecule has 1 nitrogen and oxygen atoms in total. The van der Waals surface area contributed by atoms with Crippen molar-refractivity contribution >= 4 is 0 Å². The summed E-state index contributed by atoms with van der Waals surface area (Å²) < 4.78 is 5.48. The summed E-state index contributed by atoms with van der Waals surface area (Å²) in [6.07, 6.45) is 0.366. The highest BCUT2D eigenvalue weighted by Gasteiger charge is 2.34. The van der Waals surface area contributed by atoms with Crippen molar-refractivity contribution in [2.75, 3.05) is 6.61 Å². The van der Waals surface area contributed by atoms with Crippen LogP contribution in [-0.4, -0.2) is 12.7 Å². The molecule has 0 spiro atoms. The Labute approximate surface area is 95.7 Å². The predicted molar refractivity (Wildman–Crippen MR) is 64.5 cm³/mol. The predicted octanol–water partition coefficient (Wildman–Crippen LogP) is 3.22. The van der Waals surface area contributed by atoms with Crippen molar-refractivity contribution in [2.45, 2.75) is 12.0 Å². The van der Waals surface area contributed by atoms with Crippen molar-refractivity contribution in [2.24, 2.45) is 0 Å². The van der Waals surface area contributed by atoms with E-state index in [1.807, 2.05) is 0 Å². The molecule has 2 aromatic carbocycles. The fraction of sp³-hybridized carbons (Fsp3) is 0.200. The van der Waals surface area contributed by atoms with Gasteiger partial charge in [-0.05, 0) is 11.1 Å². The third-order valence-corrected chi connectivity index (χ3v) is 3.05. The van der Waals surface area contributed by atoms with Crippen molar-refractivity contribution < 1.29 is 4.74 Å². The van der Waals surface area contributed by atoms with Gasteiger partial charge in [0.2, 0.25) is 0 Å². The Kier molecular flexibility index (Phi) is 2.47. The second-order valence-corrected chi connectivity index (χ2v) is 4.17. The van der Waals surface area contributed by atoms with Crippen LogP contribution in [0.1, 0.15) is 17.0 Å². The van der Waals surface area contributed by atoms with Crippen LogP contribution >= 0.6 is 0 Å². The smallest absolute Gasteiger partial charge is 0.0918 e. The van der Waals surface area contributed by atoms with E-state index in [1.165, 1.54) is 11.1 Å². The summed E-state index contributed by atoms with van der Waals surface area (Å²) in [5.74, 6) is 0.391. The minimum absolute atomic E-state index is 0.366. The van der Waals surface area contributed by atoms with Crippen molar-refractivity contribution in [3.05, 3.63) is 71.8 Å². The summed E-state index contributed by atoms with van der Waals surface area (Å²) in [5.41, 5.74) is 2.69. The summed E-state index contributed by atoms with van der Waals surface area (Å²) in [5, 5.41) is 0. The second kappa shape index (κ2) is 4.11. The Morgan fingerprint density at radius 3 is 1.62 bits per heavy atom. The molecule has 0 radical (unpaired) electrons. The average molecular weight is 210 g/mol. The highest BCUT2D eigenvalue weighted by Crippen LogP contribution is 2.35. The molecule has 0 amide bonds. The van der Waals surface area contributed by atoms with Crippen molar-refractivity contribution in [3.8, 4) is 0 Å². The molecule has 1 aliphatic rings. The van der Waals surface area contributed by atoms with Gasteiger partial charge >= 0.3 is 0 Å². The SMILES string of the molecule is c1ccc(C(c2ccccc2)C2CO2)cc1. The van der Waals surface area contributed by atoms with Gasteiger partial charge in [-0.1, -0.05) is 60.7 Å². The van der Waals surface area contributed by atoms with Gasteiger partial charge in [-0.2, -0.15) is 0 Å². The Bertz CT molecular complexity index is 406. The van der Waals surface area contributed by atoms with Crippen molar-refractivity contribution in [1.29, 1.82) is 0 Å². The molecule has 0 aromatic heterocycles. The first-order valence-electron chi connectivity index (χ1n) is 5.66. The molecular formula is C15H14O. The Hall–Kier alpha value is -1.60. The van der Waals surface area contributed by atoms with Crippen molar-refractivity contribution in [1.82, 2.24) is 0 Å². The monoisotopic (exact) mass is 210 g/mol. The normalized spacial score (nSPS) is 18.7. The summed E-state index contributed by atoms with van der Waals surface area (Å²) in [7, 11) is 0. The molecule has 1 heterocycles. The van der Waals surface area contributed by atoms with Crippen LogP contribution in [0.4, 0.5) is 0 Å². The van der Waals surface area contributed by atoms with E-state index in [0.29, 0.717) is 12.0 Å². The van der Waals surface area contributed by atoms with Gasteiger partial charge in [0.15, 0.2) is 0 Å². The van der Waals surface area contributed by atoms with Crippen LogP contribution < -0.4 is 0 Å². The molecule has 1 heteroatoms. The van der Waals surface area contributed by atoms with Crippen LogP contribution in [0.2, 0.25) is 0 Å². The zero-order chi connectivity index (χ0) is 10.8. The van der Waals surface area contributed by atoms with E-state index in [1.54, 1.807) is 0 Å². The zero-order valence-electron chi connectivity index (χ0n) is 9.04. The minimum atomic E-state index is 0.366. The molecule has 0 aliphatic carbocycles. The number of ether oxygens (including phenoxy) is 1. The minimum Gasteiger partial charge on any atom is -0.372 e. The fourth-order valence-corrected chi connectivity index (χ4v) is 2.19. The molecule has 16 heavy (non-hydrogen) atoms. The quantitative estimate of drug-likeness (QED) is 0.709. The van der Waals surface area contributed by atoms with E-state index in [-0.39, 0.29) is 0 Å². The summed E-state index contributed by atoms with van der Waals surface area (Å²) >= 11 is 0. The van der Waals surface area contributed by atoms with Crippen LogP contribution in [0.5, 0.6) is 0 Å². The molecule has 80 valence electrons. The van der Waals surface area contributed by atoms with E-state index >= 15 is 0 Å². The van der Waals surface area contributed by atoms with E-state index in [9.17, 15) is 0 Å². The van der Waals surface area contributed by atoms with Crippen LogP contribution in [0, 0.1) is 0 Å². The van der Waals surface area contributed by atoms with Crippen LogP contribution in [0.25, 0.3) is 0 Å². The number of hydrogen-bond acceptors (Lipinski definition) is 1. The lowest BCUT2D eigenvalue weighted by Gasteiger charge is -2.15. The van der Waals surface area contributed by atoms with Gasteiger partial charge in [0.05, 0.1) is 12.7 Å². The lowest BCUT2D eigenvalue weighted by Crippen LogP contribution is -2.07. The maximum atomic E-state index is 5.48. The van der Waals surface area contributed by atoms with Gasteiger partial charge < -0.3 is 4.74 Å². The number of benzene rings is 2. The molecule has 2 aromatic rings. The average Bonchev–Trinajstić information content (AvgIpc) is 3.17. The lowest BCUT2D eigenvalue weighted by atomic mass is 9.89. The molecule has 1 saturated heterocycles. The molecule has 1 aliphatic heterocycles. The lowest BCUT2D eigenvalue weighted by molar-refractivity contribution is 0.389. The van der Waals surface area contributed by atoms with Crippen LogP contribution in [0.15, 0.2) is 60.7 Å². The molecule has 0 N–H and O–H groups in total. The molecule has 1 atom stereocenters. The summed E-state index contributed by atoms with van der Waals surface area (Å²) in [6.45, 7) is 0.883. The van der Waals surface area contributed by atoms with Gasteiger partial charge in [0.25, 0.3) is 0 Å². The van der Waals surface area contributed by atoms with Crippen molar-refractivity contribution in [3.63, 3.8) is 0 Å². The first kappa shape index (κ1) is 9.61. The maximum Gasteiger partial charge on any atom is 0.0918 e. The summed E-state index contributed by atoms with van der Waals surface area (Å²) in [6, 6.07) is 21.2. The van der Waals surface area contributed by atoms with Gasteiger partial charge in [-0.3, -0.25) is 0 Å². The molecule has 3 rings (SSSR count). The zero-order valence-corrected chi connectivity index (χ0v) is 9.04. The third-order valence-electron chi connectivity index (χ3n) is 3.05. The highest BCUT2D eigenvalue weighted by atomic mass is 16.6. The van der Waals surface area contributed by atoms with E-state index < -0.39 is 0 Å². The number of hydrogen-bond donors (Lipinski definition) is 0. The van der Waals surface area contributed by atoms with Gasteiger partial charge in [-0.25, -0.2) is 0 Å². The molecule has 0 bridgehead atoms. The Morgan fingerprint density at radius 1 is 0.812 bits per heavy atom. The van der Waals surface area contributed by atoms with E-state index in [4.69, 9.17) is 4.74 Å². The number of rotatable bonds is 3. The van der Waals surface area contributed by atoms with E-state index in [0.717, 1.165) is 6.61 Å². The van der Waals surface area contributed by atoms with Gasteiger partial charge in [-0.15, -0.1) is 0 Å². The Morgan fingerprint density at radius 2 is 1.25 bits per heavy atom. The highest BCUT2D eigenvalue weighted by molar-refractivity contribution is 5.34. The van der Waals surface area contributed by atoms with Crippen LogP contribution in [0.3, 0.4) is 0 Å². The molecule has 0 saturated carbocycles. The fourth-order valence-electron chi connectivity index (χ4n) is 2.19. The second-order valence-electron chi connectivity index (χ2n) is 4.17. The van der Waals surface area contributed by atoms with E-state index in [2.05, 4.69) is 60.7 Å². The third kappa shape index (κ3) is 1.86. The van der Waals surface area contributed by atoms with Gasteiger partial charge in [0, 0.05) is 5.92 Å². The Balaban J connectivity index is 1.99. The molecular weight excluding hydrogens is 196 g/mol. The largest absolute Gasteiger partial charge is 0.372 e. The maximum absolute atomic E-state index is 5.48. The number of epoxide rings is 1. The van der Waals surface area contributed by atoms with Crippen LogP contribution in [-0.2, 0) is 4.74 Å². The first-order chi connectivity index (χ1) is 7.95. The standard InChI is InChI=1S/C15H14O/c1-3-7-12(8-4-1)15(14-11-16-14)13-9-5-2-6-10-13/h1-10,14-15H,11H2.